The zero-order chi connectivity index (χ0) is 15.6. The van der Waals surface area contributed by atoms with Gasteiger partial charge in [0.05, 0.1) is 12.2 Å². The van der Waals surface area contributed by atoms with Crippen molar-refractivity contribution in [1.82, 2.24) is 14.8 Å². The summed E-state index contributed by atoms with van der Waals surface area (Å²) in [5, 5.41) is 0. The van der Waals surface area contributed by atoms with E-state index in [-0.39, 0.29) is 11.8 Å². The second kappa shape index (κ2) is 6.24. The molecule has 114 valence electrons. The Kier molecular flexibility index (Phi) is 4.60. The molecule has 0 spiro atoms. The summed E-state index contributed by atoms with van der Waals surface area (Å²) in [6, 6.07) is 3.61. The first-order valence-electron chi connectivity index (χ1n) is 7.37. The molecule has 5 heteroatoms. The summed E-state index contributed by atoms with van der Waals surface area (Å²) >= 11 is 0. The minimum absolute atomic E-state index is 0.0359. The molecular formula is C16H23N3O2. The van der Waals surface area contributed by atoms with Crippen molar-refractivity contribution < 1.29 is 9.59 Å². The van der Waals surface area contributed by atoms with E-state index in [1.165, 1.54) is 0 Å². The molecule has 1 aromatic rings. The van der Waals surface area contributed by atoms with Crippen molar-refractivity contribution >= 4 is 11.8 Å². The van der Waals surface area contributed by atoms with Crippen molar-refractivity contribution in [2.75, 3.05) is 13.6 Å². The van der Waals surface area contributed by atoms with Gasteiger partial charge in [-0.25, -0.2) is 0 Å². The van der Waals surface area contributed by atoms with Gasteiger partial charge in [0, 0.05) is 25.7 Å². The van der Waals surface area contributed by atoms with Gasteiger partial charge in [0.25, 0.3) is 0 Å². The highest BCUT2D eigenvalue weighted by Crippen LogP contribution is 2.15. The third-order valence-corrected chi connectivity index (χ3v) is 3.86. The van der Waals surface area contributed by atoms with Crippen LogP contribution in [0.1, 0.15) is 36.7 Å². The van der Waals surface area contributed by atoms with Crippen LogP contribution in [0.3, 0.4) is 0 Å². The molecule has 1 unspecified atom stereocenters. The van der Waals surface area contributed by atoms with Crippen LogP contribution in [-0.2, 0) is 16.1 Å². The number of aryl methyl sites for hydroxylation is 2. The molecule has 0 N–H and O–H groups in total. The smallest absolute Gasteiger partial charge is 0.245 e. The van der Waals surface area contributed by atoms with Crippen molar-refractivity contribution in [2.24, 2.45) is 0 Å². The zero-order valence-electron chi connectivity index (χ0n) is 13.2. The highest BCUT2D eigenvalue weighted by Gasteiger charge is 2.31. The van der Waals surface area contributed by atoms with E-state index in [1.54, 1.807) is 23.8 Å². The fraction of sp³-hybridized carbons (Fsp3) is 0.562. The molecule has 1 aliphatic heterocycles. The van der Waals surface area contributed by atoms with Gasteiger partial charge in [-0.05, 0) is 44.9 Å². The Bertz CT molecular complexity index is 536. The van der Waals surface area contributed by atoms with Crippen LogP contribution in [0.15, 0.2) is 12.1 Å². The van der Waals surface area contributed by atoms with Crippen molar-refractivity contribution in [1.29, 1.82) is 0 Å². The molecule has 1 aliphatic rings. The number of carbonyl (C=O) groups is 2. The number of carbonyl (C=O) groups excluding carboxylic acids is 2. The lowest BCUT2D eigenvalue weighted by Gasteiger charge is -2.27. The molecule has 1 aromatic heterocycles. The molecule has 0 saturated carbocycles. The number of amides is 2. The van der Waals surface area contributed by atoms with E-state index in [1.807, 2.05) is 26.0 Å². The van der Waals surface area contributed by atoms with Crippen LogP contribution in [0.25, 0.3) is 0 Å². The lowest BCUT2D eigenvalue weighted by atomic mass is 10.2. The number of aromatic nitrogens is 1. The van der Waals surface area contributed by atoms with Crippen molar-refractivity contribution in [2.45, 2.75) is 46.2 Å². The molecule has 1 fully saturated rings. The topological polar surface area (TPSA) is 53.5 Å². The van der Waals surface area contributed by atoms with Gasteiger partial charge in [-0.15, -0.1) is 0 Å². The molecule has 1 saturated heterocycles. The van der Waals surface area contributed by atoms with Gasteiger partial charge >= 0.3 is 0 Å². The third-order valence-electron chi connectivity index (χ3n) is 3.86. The Morgan fingerprint density at radius 3 is 2.71 bits per heavy atom. The summed E-state index contributed by atoms with van der Waals surface area (Å²) in [7, 11) is 1.76. The molecule has 0 aliphatic carbocycles. The Labute approximate surface area is 126 Å². The summed E-state index contributed by atoms with van der Waals surface area (Å²) in [5.74, 6) is 0.0417. The van der Waals surface area contributed by atoms with Crippen LogP contribution >= 0.6 is 0 Å². The largest absolute Gasteiger partial charge is 0.338 e. The number of likely N-dealkylation sites (tertiary alicyclic amines) is 1. The fourth-order valence-corrected chi connectivity index (χ4v) is 2.86. The summed E-state index contributed by atoms with van der Waals surface area (Å²) < 4.78 is 0. The maximum Gasteiger partial charge on any atom is 0.245 e. The van der Waals surface area contributed by atoms with Gasteiger partial charge in [0.2, 0.25) is 11.8 Å². The second-order valence-corrected chi connectivity index (χ2v) is 5.84. The van der Waals surface area contributed by atoms with E-state index >= 15 is 0 Å². The number of pyridine rings is 1. The predicted octanol–water partition coefficient (Wildman–Crippen LogP) is 1.67. The van der Waals surface area contributed by atoms with Crippen molar-refractivity contribution in [3.05, 3.63) is 29.1 Å². The van der Waals surface area contributed by atoms with Crippen LogP contribution in [-0.4, -0.2) is 46.2 Å². The quantitative estimate of drug-likeness (QED) is 0.847. The zero-order valence-corrected chi connectivity index (χ0v) is 13.2. The molecule has 2 heterocycles. The Balaban J connectivity index is 2.03. The average molecular weight is 289 g/mol. The maximum absolute atomic E-state index is 12.5. The third kappa shape index (κ3) is 3.60. The van der Waals surface area contributed by atoms with Crippen LogP contribution in [0.4, 0.5) is 0 Å². The molecule has 21 heavy (non-hydrogen) atoms. The lowest BCUT2D eigenvalue weighted by Crippen LogP contribution is -2.46. The average Bonchev–Trinajstić information content (AvgIpc) is 2.82. The predicted molar refractivity (Wildman–Crippen MR) is 80.6 cm³/mol. The summed E-state index contributed by atoms with van der Waals surface area (Å²) in [4.78, 5) is 32.0. The molecule has 5 nitrogen and oxygen atoms in total. The number of nitrogens with zero attached hydrogens (tertiary/aromatic N) is 3. The van der Waals surface area contributed by atoms with Gasteiger partial charge in [0.15, 0.2) is 0 Å². The maximum atomic E-state index is 12.5. The summed E-state index contributed by atoms with van der Waals surface area (Å²) in [6.07, 6.45) is 1.40. The van der Waals surface area contributed by atoms with Crippen LogP contribution in [0, 0.1) is 13.8 Å². The monoisotopic (exact) mass is 289 g/mol. The molecule has 1 atom stereocenters. The minimum Gasteiger partial charge on any atom is -0.338 e. The second-order valence-electron chi connectivity index (χ2n) is 5.84. The first-order chi connectivity index (χ1) is 9.88. The fourth-order valence-electron chi connectivity index (χ4n) is 2.86. The molecule has 2 rings (SSSR count). The Morgan fingerprint density at radius 2 is 2.14 bits per heavy atom. The van der Waals surface area contributed by atoms with Gasteiger partial charge in [-0.3, -0.25) is 14.6 Å². The SMILES string of the molecule is Cc1cc(C)nc(CN(C)C(=O)C(C)N2CCCC2=O)c1. The molecule has 2 amide bonds. The van der Waals surface area contributed by atoms with Crippen LogP contribution in [0.2, 0.25) is 0 Å². The number of likely N-dealkylation sites (N-methyl/N-ethyl adjacent to an activating group) is 1. The van der Waals surface area contributed by atoms with Gasteiger partial charge in [-0.2, -0.15) is 0 Å². The van der Waals surface area contributed by atoms with Gasteiger partial charge in [-0.1, -0.05) is 0 Å². The Hall–Kier alpha value is -1.91. The highest BCUT2D eigenvalue weighted by atomic mass is 16.2. The van der Waals surface area contributed by atoms with Crippen molar-refractivity contribution in [3.63, 3.8) is 0 Å². The number of rotatable bonds is 4. The van der Waals surface area contributed by atoms with Gasteiger partial charge in [0.1, 0.15) is 6.04 Å². The molecular weight excluding hydrogens is 266 g/mol. The summed E-state index contributed by atoms with van der Waals surface area (Å²) in [5.41, 5.74) is 2.97. The first-order valence-corrected chi connectivity index (χ1v) is 7.37. The molecule has 0 aromatic carbocycles. The van der Waals surface area contributed by atoms with Gasteiger partial charge < -0.3 is 9.80 Å². The first kappa shape index (κ1) is 15.5. The molecule has 0 bridgehead atoms. The van der Waals surface area contributed by atoms with E-state index < -0.39 is 6.04 Å². The lowest BCUT2D eigenvalue weighted by molar-refractivity contribution is -0.142. The van der Waals surface area contributed by atoms with Crippen LogP contribution < -0.4 is 0 Å². The number of hydrogen-bond donors (Lipinski definition) is 0. The molecule has 0 radical (unpaired) electrons. The van der Waals surface area contributed by atoms with E-state index in [0.717, 1.165) is 23.4 Å². The summed E-state index contributed by atoms with van der Waals surface area (Å²) in [6.45, 7) is 6.92. The minimum atomic E-state index is -0.393. The van der Waals surface area contributed by atoms with E-state index in [4.69, 9.17) is 0 Å². The van der Waals surface area contributed by atoms with E-state index in [0.29, 0.717) is 19.5 Å². The normalized spacial score (nSPS) is 16.2. The van der Waals surface area contributed by atoms with E-state index in [9.17, 15) is 9.59 Å². The number of hydrogen-bond acceptors (Lipinski definition) is 3. The Morgan fingerprint density at radius 1 is 1.43 bits per heavy atom. The van der Waals surface area contributed by atoms with Crippen molar-refractivity contribution in [3.8, 4) is 0 Å². The van der Waals surface area contributed by atoms with E-state index in [2.05, 4.69) is 4.98 Å². The van der Waals surface area contributed by atoms with Crippen LogP contribution in [0.5, 0.6) is 0 Å². The highest BCUT2D eigenvalue weighted by molar-refractivity contribution is 5.88. The standard InChI is InChI=1S/C16H23N3O2/c1-11-8-12(2)17-14(9-11)10-18(4)16(21)13(3)19-7-5-6-15(19)20/h8-9,13H,5-7,10H2,1-4H3.